The number of nitrogens with zero attached hydrogens (tertiary/aromatic N) is 2. The molecule has 2 rings (SSSR count). The maximum atomic E-state index is 12.1. The lowest BCUT2D eigenvalue weighted by Crippen LogP contribution is -2.26. The van der Waals surface area contributed by atoms with E-state index in [0.717, 1.165) is 5.56 Å². The quantitative estimate of drug-likeness (QED) is 0.882. The van der Waals surface area contributed by atoms with Crippen molar-refractivity contribution in [2.75, 3.05) is 6.54 Å². The van der Waals surface area contributed by atoms with Gasteiger partial charge in [0.25, 0.3) is 10.0 Å². The van der Waals surface area contributed by atoms with E-state index in [2.05, 4.69) is 9.71 Å². The van der Waals surface area contributed by atoms with E-state index in [0.29, 0.717) is 16.5 Å². The first kappa shape index (κ1) is 16.6. The summed E-state index contributed by atoms with van der Waals surface area (Å²) < 4.78 is 28.0. The van der Waals surface area contributed by atoms with Gasteiger partial charge in [-0.15, -0.1) is 0 Å². The zero-order valence-corrected chi connectivity index (χ0v) is 14.1. The SMILES string of the molecule is Cn1cnc(S(=O)(=O)NCCc2ccc(Cl)cc2Cl)c1Cl. The Morgan fingerprint density at radius 1 is 1.29 bits per heavy atom. The average Bonchev–Trinajstić information content (AvgIpc) is 2.73. The molecule has 0 aliphatic heterocycles. The number of benzene rings is 1. The molecule has 1 aromatic heterocycles. The molecule has 0 atom stereocenters. The standard InChI is InChI=1S/C12H12Cl3N3O2S/c1-18-7-16-12(11(18)15)21(19,20)17-5-4-8-2-3-9(13)6-10(8)14/h2-3,6-7,17H,4-5H2,1H3. The third kappa shape index (κ3) is 3.90. The average molecular weight is 369 g/mol. The molecule has 0 aliphatic rings. The van der Waals surface area contributed by atoms with Gasteiger partial charge < -0.3 is 4.57 Å². The number of aryl methyl sites for hydroxylation is 1. The highest BCUT2D eigenvalue weighted by Crippen LogP contribution is 2.22. The summed E-state index contributed by atoms with van der Waals surface area (Å²) in [4.78, 5) is 3.78. The molecular weight excluding hydrogens is 357 g/mol. The van der Waals surface area contributed by atoms with Crippen LogP contribution >= 0.6 is 34.8 Å². The fraction of sp³-hybridized carbons (Fsp3) is 0.250. The number of nitrogens with one attached hydrogen (secondary N) is 1. The molecule has 0 radical (unpaired) electrons. The van der Waals surface area contributed by atoms with Crippen LogP contribution in [0.25, 0.3) is 0 Å². The molecule has 0 fully saturated rings. The zero-order valence-electron chi connectivity index (χ0n) is 11.0. The third-order valence-electron chi connectivity index (χ3n) is 2.79. The van der Waals surface area contributed by atoms with Crippen molar-refractivity contribution in [3.8, 4) is 0 Å². The summed E-state index contributed by atoms with van der Waals surface area (Å²) in [6.07, 6.45) is 1.77. The zero-order chi connectivity index (χ0) is 15.6. The van der Waals surface area contributed by atoms with Crippen molar-refractivity contribution in [1.29, 1.82) is 0 Å². The van der Waals surface area contributed by atoms with Crippen LogP contribution in [0.3, 0.4) is 0 Å². The first-order valence-electron chi connectivity index (χ1n) is 5.91. The van der Waals surface area contributed by atoms with Crippen LogP contribution in [0.15, 0.2) is 29.6 Å². The fourth-order valence-electron chi connectivity index (χ4n) is 1.69. The maximum Gasteiger partial charge on any atom is 0.261 e. The van der Waals surface area contributed by atoms with Crippen LogP contribution in [0.2, 0.25) is 15.2 Å². The fourth-order valence-corrected chi connectivity index (χ4v) is 3.65. The molecule has 21 heavy (non-hydrogen) atoms. The molecule has 0 aliphatic carbocycles. The Balaban J connectivity index is 2.04. The normalized spacial score (nSPS) is 11.8. The summed E-state index contributed by atoms with van der Waals surface area (Å²) in [5.74, 6) is 0. The number of hydrogen-bond donors (Lipinski definition) is 1. The highest BCUT2D eigenvalue weighted by Gasteiger charge is 2.21. The monoisotopic (exact) mass is 367 g/mol. The highest BCUT2D eigenvalue weighted by molar-refractivity contribution is 7.89. The van der Waals surface area contributed by atoms with E-state index >= 15 is 0 Å². The lowest BCUT2D eigenvalue weighted by Gasteiger charge is -2.07. The molecule has 1 N–H and O–H groups in total. The molecule has 0 amide bonds. The van der Waals surface area contributed by atoms with Gasteiger partial charge in [-0.3, -0.25) is 0 Å². The molecule has 0 saturated carbocycles. The van der Waals surface area contributed by atoms with Crippen molar-refractivity contribution in [2.45, 2.75) is 11.4 Å². The molecule has 2 aromatic rings. The van der Waals surface area contributed by atoms with Crippen LogP contribution in [0, 0.1) is 0 Å². The molecule has 0 spiro atoms. The second-order valence-corrected chi connectivity index (χ2v) is 7.22. The molecule has 0 bridgehead atoms. The number of imidazole rings is 1. The predicted octanol–water partition coefficient (Wildman–Crippen LogP) is 2.90. The van der Waals surface area contributed by atoms with Gasteiger partial charge in [-0.2, -0.15) is 0 Å². The topological polar surface area (TPSA) is 64.0 Å². The van der Waals surface area contributed by atoms with Crippen molar-refractivity contribution in [2.24, 2.45) is 7.05 Å². The van der Waals surface area contributed by atoms with E-state index in [1.165, 1.54) is 10.9 Å². The summed E-state index contributed by atoms with van der Waals surface area (Å²) in [5, 5.41) is 0.906. The van der Waals surface area contributed by atoms with Gasteiger partial charge in [0, 0.05) is 23.6 Å². The molecule has 0 unspecified atom stereocenters. The molecule has 1 heterocycles. The van der Waals surface area contributed by atoms with E-state index in [4.69, 9.17) is 34.8 Å². The Kier molecular flexibility index (Phi) is 5.16. The smallest absolute Gasteiger partial charge is 0.261 e. The van der Waals surface area contributed by atoms with Gasteiger partial charge in [-0.1, -0.05) is 40.9 Å². The minimum Gasteiger partial charge on any atom is -0.324 e. The molecule has 0 saturated heterocycles. The summed E-state index contributed by atoms with van der Waals surface area (Å²) in [6.45, 7) is 0.177. The number of halogens is 3. The predicted molar refractivity (Wildman–Crippen MR) is 83.6 cm³/mol. The van der Waals surface area contributed by atoms with Gasteiger partial charge >= 0.3 is 0 Å². The van der Waals surface area contributed by atoms with Crippen LogP contribution in [0.1, 0.15) is 5.56 Å². The van der Waals surface area contributed by atoms with Gasteiger partial charge in [0.1, 0.15) is 5.15 Å². The minimum absolute atomic E-state index is 0.0621. The summed E-state index contributed by atoms with van der Waals surface area (Å²) in [5.41, 5.74) is 0.802. The van der Waals surface area contributed by atoms with Crippen LogP contribution < -0.4 is 4.72 Å². The first-order valence-corrected chi connectivity index (χ1v) is 8.53. The summed E-state index contributed by atoms with van der Waals surface area (Å²) in [7, 11) is -2.13. The van der Waals surface area contributed by atoms with E-state index in [9.17, 15) is 8.42 Å². The molecule has 114 valence electrons. The van der Waals surface area contributed by atoms with E-state index < -0.39 is 10.0 Å². The number of aromatic nitrogens is 2. The molecule has 1 aromatic carbocycles. The molecular formula is C12H12Cl3N3O2S. The van der Waals surface area contributed by atoms with Gasteiger partial charge in [0.15, 0.2) is 0 Å². The van der Waals surface area contributed by atoms with Crippen LogP contribution in [0.4, 0.5) is 0 Å². The number of rotatable bonds is 5. The second-order valence-electron chi connectivity index (χ2n) is 4.33. The lowest BCUT2D eigenvalue weighted by atomic mass is 10.1. The Bertz CT molecular complexity index is 759. The summed E-state index contributed by atoms with van der Waals surface area (Å²) >= 11 is 17.7. The van der Waals surface area contributed by atoms with Crippen molar-refractivity contribution in [3.05, 3.63) is 45.3 Å². The Labute approximate surface area is 137 Å². The second kappa shape index (κ2) is 6.54. The lowest BCUT2D eigenvalue weighted by molar-refractivity contribution is 0.578. The van der Waals surface area contributed by atoms with Crippen molar-refractivity contribution in [1.82, 2.24) is 14.3 Å². The van der Waals surface area contributed by atoms with E-state index in [-0.39, 0.29) is 16.7 Å². The third-order valence-corrected chi connectivity index (χ3v) is 5.33. The van der Waals surface area contributed by atoms with Gasteiger partial charge in [-0.25, -0.2) is 18.1 Å². The highest BCUT2D eigenvalue weighted by atomic mass is 35.5. The van der Waals surface area contributed by atoms with Gasteiger partial charge in [0.2, 0.25) is 5.03 Å². The molecule has 9 heteroatoms. The number of sulfonamides is 1. The van der Waals surface area contributed by atoms with Crippen molar-refractivity contribution < 1.29 is 8.42 Å². The summed E-state index contributed by atoms with van der Waals surface area (Å²) in [6, 6.07) is 5.07. The maximum absolute atomic E-state index is 12.1. The van der Waals surface area contributed by atoms with Crippen LogP contribution in [-0.4, -0.2) is 24.5 Å². The molecule has 5 nitrogen and oxygen atoms in total. The van der Waals surface area contributed by atoms with E-state index in [1.807, 2.05) is 0 Å². The van der Waals surface area contributed by atoms with Crippen LogP contribution in [0.5, 0.6) is 0 Å². The largest absolute Gasteiger partial charge is 0.324 e. The van der Waals surface area contributed by atoms with Crippen LogP contribution in [-0.2, 0) is 23.5 Å². The Morgan fingerprint density at radius 3 is 2.57 bits per heavy atom. The first-order chi connectivity index (χ1) is 9.81. The van der Waals surface area contributed by atoms with Gasteiger partial charge in [0.05, 0.1) is 6.33 Å². The Hall–Kier alpha value is -0.790. The van der Waals surface area contributed by atoms with Crippen molar-refractivity contribution in [3.63, 3.8) is 0 Å². The number of hydrogen-bond acceptors (Lipinski definition) is 3. The Morgan fingerprint density at radius 2 is 2.00 bits per heavy atom. The minimum atomic E-state index is -3.74. The van der Waals surface area contributed by atoms with E-state index in [1.54, 1.807) is 25.2 Å². The van der Waals surface area contributed by atoms with Gasteiger partial charge in [-0.05, 0) is 24.1 Å². The van der Waals surface area contributed by atoms with Crippen molar-refractivity contribution >= 4 is 44.8 Å².